The number of hydrogen-bond donors (Lipinski definition) is 1. The van der Waals surface area contributed by atoms with Gasteiger partial charge in [-0.15, -0.1) is 11.3 Å². The molecule has 1 atom stereocenters. The lowest BCUT2D eigenvalue weighted by atomic mass is 9.95. The zero-order valence-electron chi connectivity index (χ0n) is 18.2. The minimum atomic E-state index is -0.867. The molecule has 0 saturated heterocycles. The minimum absolute atomic E-state index is 0.0465. The Morgan fingerprint density at radius 1 is 1.15 bits per heavy atom. The molecule has 2 aromatic carbocycles. The number of amides is 1. The number of Topliss-reactive ketones (excluding diaryl/α,β-unsaturated/α-hetero) is 1. The van der Waals surface area contributed by atoms with E-state index in [1.165, 1.54) is 16.2 Å². The van der Waals surface area contributed by atoms with E-state index >= 15 is 0 Å². The van der Waals surface area contributed by atoms with Crippen LogP contribution in [-0.2, 0) is 4.79 Å². The molecule has 0 radical (unpaired) electrons. The number of carbonyl (C=O) groups excluding carboxylic acids is 2. The lowest BCUT2D eigenvalue weighted by Crippen LogP contribution is -2.31. The molecular weight excluding hydrogens is 440 g/mol. The number of aliphatic hydroxyl groups excluding tert-OH is 1. The van der Waals surface area contributed by atoms with Gasteiger partial charge >= 0.3 is 0 Å². The summed E-state index contributed by atoms with van der Waals surface area (Å²) in [5.41, 5.74) is 1.93. The summed E-state index contributed by atoms with van der Waals surface area (Å²) in [7, 11) is 1.56. The second-order valence-electron chi connectivity index (χ2n) is 7.73. The number of benzene rings is 2. The number of aryl methyl sites for hydroxylation is 2. The van der Waals surface area contributed by atoms with Gasteiger partial charge in [-0.1, -0.05) is 30.3 Å². The summed E-state index contributed by atoms with van der Waals surface area (Å²) >= 11 is 1.33. The van der Waals surface area contributed by atoms with Crippen LogP contribution in [0.15, 0.2) is 70.3 Å². The standard InChI is InChI=1S/C25H20N2O5S/c1-13-14(2)33-25(26-13)27-21(15-8-10-17(31-3)11-9-15)20(23(29)24(27)30)22(28)19-12-16-6-4-5-7-18(16)32-19/h4-12,21,29H,1-3H3. The van der Waals surface area contributed by atoms with E-state index in [1.54, 1.807) is 43.5 Å². The van der Waals surface area contributed by atoms with Gasteiger partial charge < -0.3 is 14.3 Å². The van der Waals surface area contributed by atoms with Gasteiger partial charge in [0.2, 0.25) is 5.78 Å². The SMILES string of the molecule is COc1ccc(C2C(C(=O)c3cc4ccccc4o3)=C(O)C(=O)N2c2nc(C)c(C)s2)cc1. The molecule has 1 N–H and O–H groups in total. The highest BCUT2D eigenvalue weighted by Gasteiger charge is 2.46. The molecule has 166 valence electrons. The Morgan fingerprint density at radius 2 is 1.88 bits per heavy atom. The zero-order valence-corrected chi connectivity index (χ0v) is 19.0. The van der Waals surface area contributed by atoms with E-state index in [2.05, 4.69) is 4.98 Å². The summed E-state index contributed by atoms with van der Waals surface area (Å²) < 4.78 is 11.0. The smallest absolute Gasteiger partial charge is 0.296 e. The molecule has 1 unspecified atom stereocenters. The molecule has 0 bridgehead atoms. The van der Waals surface area contributed by atoms with Crippen LogP contribution >= 0.6 is 11.3 Å². The lowest BCUT2D eigenvalue weighted by molar-refractivity contribution is -0.117. The van der Waals surface area contributed by atoms with Crippen LogP contribution in [0.4, 0.5) is 5.13 Å². The van der Waals surface area contributed by atoms with E-state index in [4.69, 9.17) is 9.15 Å². The predicted octanol–water partition coefficient (Wildman–Crippen LogP) is 5.30. The van der Waals surface area contributed by atoms with Gasteiger partial charge in [0.25, 0.3) is 5.91 Å². The Balaban J connectivity index is 1.66. The molecular formula is C25H20N2O5S. The Hall–Kier alpha value is -3.91. The molecule has 4 aromatic rings. The third kappa shape index (κ3) is 3.39. The van der Waals surface area contributed by atoms with E-state index in [0.717, 1.165) is 16.0 Å². The molecule has 8 heteroatoms. The lowest BCUT2D eigenvalue weighted by Gasteiger charge is -2.24. The number of anilines is 1. The van der Waals surface area contributed by atoms with Gasteiger partial charge in [-0.2, -0.15) is 0 Å². The Morgan fingerprint density at radius 3 is 2.52 bits per heavy atom. The zero-order chi connectivity index (χ0) is 23.3. The van der Waals surface area contributed by atoms with Crippen LogP contribution in [-0.4, -0.2) is 28.9 Å². The number of furan rings is 1. The summed E-state index contributed by atoms with van der Waals surface area (Å²) in [6, 6.07) is 15.0. The van der Waals surface area contributed by atoms with Crippen molar-refractivity contribution in [2.45, 2.75) is 19.9 Å². The maximum atomic E-state index is 13.6. The number of ketones is 1. The maximum Gasteiger partial charge on any atom is 0.296 e. The van der Waals surface area contributed by atoms with Gasteiger partial charge in [-0.05, 0) is 43.7 Å². The van der Waals surface area contributed by atoms with Gasteiger partial charge in [-0.3, -0.25) is 14.5 Å². The summed E-state index contributed by atoms with van der Waals surface area (Å²) in [6.45, 7) is 3.76. The number of carbonyl (C=O) groups is 2. The van der Waals surface area contributed by atoms with Crippen LogP contribution in [0.5, 0.6) is 5.75 Å². The molecule has 0 spiro atoms. The third-order valence-corrected chi connectivity index (χ3v) is 6.83. The van der Waals surface area contributed by atoms with E-state index in [1.807, 2.05) is 32.0 Å². The number of thiazole rings is 1. The molecule has 0 saturated carbocycles. The number of aliphatic hydroxyl groups is 1. The predicted molar refractivity (Wildman–Crippen MR) is 125 cm³/mol. The number of fused-ring (bicyclic) bond motifs is 1. The molecule has 1 aliphatic heterocycles. The van der Waals surface area contributed by atoms with Crippen molar-refractivity contribution in [2.75, 3.05) is 12.0 Å². The Kier molecular flexibility index (Phi) is 5.02. The fourth-order valence-corrected chi connectivity index (χ4v) is 4.86. The molecule has 5 rings (SSSR count). The summed E-state index contributed by atoms with van der Waals surface area (Å²) in [5.74, 6) is -1.15. The highest BCUT2D eigenvalue weighted by molar-refractivity contribution is 7.15. The first kappa shape index (κ1) is 21.0. The fraction of sp³-hybridized carbons (Fsp3) is 0.160. The Labute approximate surface area is 193 Å². The van der Waals surface area contributed by atoms with Crippen molar-refractivity contribution < 1.29 is 23.8 Å². The van der Waals surface area contributed by atoms with E-state index in [0.29, 0.717) is 22.0 Å². The number of methoxy groups -OCH3 is 1. The molecule has 1 amide bonds. The number of rotatable bonds is 5. The van der Waals surface area contributed by atoms with Crippen molar-refractivity contribution >= 4 is 39.1 Å². The first-order chi connectivity index (χ1) is 15.9. The van der Waals surface area contributed by atoms with Gasteiger partial charge in [0.15, 0.2) is 16.7 Å². The molecule has 1 aliphatic rings. The maximum absolute atomic E-state index is 13.6. The van der Waals surface area contributed by atoms with Crippen LogP contribution in [0.2, 0.25) is 0 Å². The van der Waals surface area contributed by atoms with Crippen molar-refractivity contribution in [2.24, 2.45) is 0 Å². The molecule has 3 heterocycles. The summed E-state index contributed by atoms with van der Waals surface area (Å²) in [6.07, 6.45) is 0. The highest BCUT2D eigenvalue weighted by Crippen LogP contribution is 2.44. The summed E-state index contributed by atoms with van der Waals surface area (Å²) in [5, 5.41) is 12.1. The molecule has 0 aliphatic carbocycles. The third-order valence-electron chi connectivity index (χ3n) is 5.76. The molecule has 7 nitrogen and oxygen atoms in total. The van der Waals surface area contributed by atoms with Crippen molar-refractivity contribution in [3.05, 3.63) is 87.8 Å². The number of aromatic nitrogens is 1. The second kappa shape index (κ2) is 7.90. The van der Waals surface area contributed by atoms with Crippen LogP contribution in [0.25, 0.3) is 11.0 Å². The molecule has 33 heavy (non-hydrogen) atoms. The van der Waals surface area contributed by atoms with Crippen LogP contribution in [0.3, 0.4) is 0 Å². The number of para-hydroxylation sites is 1. The Bertz CT molecular complexity index is 1380. The van der Waals surface area contributed by atoms with E-state index in [-0.39, 0.29) is 11.3 Å². The molecule has 0 fully saturated rings. The molecule has 2 aromatic heterocycles. The number of ether oxygens (including phenoxy) is 1. The van der Waals surface area contributed by atoms with E-state index < -0.39 is 23.5 Å². The normalized spacial score (nSPS) is 16.2. The number of hydrogen-bond acceptors (Lipinski definition) is 7. The highest BCUT2D eigenvalue weighted by atomic mass is 32.1. The fourth-order valence-electron chi connectivity index (χ4n) is 3.92. The quantitative estimate of drug-likeness (QED) is 0.407. The van der Waals surface area contributed by atoms with Gasteiger partial charge in [0.05, 0.1) is 24.4 Å². The van der Waals surface area contributed by atoms with Gasteiger partial charge in [0, 0.05) is 10.3 Å². The monoisotopic (exact) mass is 460 g/mol. The average molecular weight is 461 g/mol. The van der Waals surface area contributed by atoms with Crippen molar-refractivity contribution in [3.8, 4) is 5.75 Å². The van der Waals surface area contributed by atoms with Crippen molar-refractivity contribution in [1.82, 2.24) is 4.98 Å². The number of nitrogens with zero attached hydrogens (tertiary/aromatic N) is 2. The largest absolute Gasteiger partial charge is 0.503 e. The minimum Gasteiger partial charge on any atom is -0.503 e. The van der Waals surface area contributed by atoms with Gasteiger partial charge in [-0.25, -0.2) is 4.98 Å². The van der Waals surface area contributed by atoms with Gasteiger partial charge in [0.1, 0.15) is 11.3 Å². The first-order valence-corrected chi connectivity index (χ1v) is 11.1. The topological polar surface area (TPSA) is 92.9 Å². The average Bonchev–Trinajstić information content (AvgIpc) is 3.48. The van der Waals surface area contributed by atoms with Crippen molar-refractivity contribution in [3.63, 3.8) is 0 Å². The van der Waals surface area contributed by atoms with Crippen LogP contribution in [0, 0.1) is 13.8 Å². The van der Waals surface area contributed by atoms with Crippen LogP contribution < -0.4 is 9.64 Å². The summed E-state index contributed by atoms with van der Waals surface area (Å²) in [4.78, 5) is 33.7. The second-order valence-corrected chi connectivity index (χ2v) is 8.91. The van der Waals surface area contributed by atoms with E-state index in [9.17, 15) is 14.7 Å². The van der Waals surface area contributed by atoms with Crippen LogP contribution in [0.1, 0.15) is 32.7 Å². The van der Waals surface area contributed by atoms with Crippen molar-refractivity contribution in [1.29, 1.82) is 0 Å². The first-order valence-electron chi connectivity index (χ1n) is 10.3.